The van der Waals surface area contributed by atoms with Crippen LogP contribution in [-0.2, 0) is 9.59 Å². The van der Waals surface area contributed by atoms with E-state index in [9.17, 15) is 9.59 Å². The summed E-state index contributed by atoms with van der Waals surface area (Å²) in [6, 6.07) is 21.9. The van der Waals surface area contributed by atoms with Gasteiger partial charge in [0.1, 0.15) is 0 Å². The van der Waals surface area contributed by atoms with E-state index in [0.717, 1.165) is 44.4 Å². The maximum Gasteiger partial charge on any atom is 0.226 e. The van der Waals surface area contributed by atoms with Crippen LogP contribution in [0.2, 0.25) is 0 Å². The third-order valence-electron chi connectivity index (χ3n) is 10.2. The maximum atomic E-state index is 13.4. The fraction of sp³-hybridized carbons (Fsp3) is 0.562. The SMILES string of the molecule is O=C(NC1C2CC3CC(C2)CC1C3)[C@H]1C[C@@H]1C(=O)N1CCN(C(c2ccccc2)c2ccccc2)CC1. The van der Waals surface area contributed by atoms with Crippen molar-refractivity contribution in [1.82, 2.24) is 15.1 Å². The fourth-order valence-electron chi connectivity index (χ4n) is 8.51. The molecule has 2 amide bonds. The Bertz CT molecular complexity index is 1060. The van der Waals surface area contributed by atoms with Crippen LogP contribution in [-0.4, -0.2) is 53.8 Å². The standard InChI is InChI=1S/C32H39N3O2/c36-31(33-29-25-16-21-15-22(18-25)19-26(29)17-21)27-20-28(27)32(37)35-13-11-34(12-14-35)30(23-7-3-1-4-8-23)24-9-5-2-6-10-24/h1-10,21-22,25-30H,11-20H2,(H,33,36)/t21?,22?,25?,26?,27-,28-,29?/m0/s1. The molecular formula is C32H39N3O2. The molecule has 5 heteroatoms. The van der Waals surface area contributed by atoms with Crippen molar-refractivity contribution in [2.75, 3.05) is 26.2 Å². The van der Waals surface area contributed by atoms with Gasteiger partial charge in [-0.2, -0.15) is 0 Å². The second kappa shape index (κ2) is 9.58. The van der Waals surface area contributed by atoms with Crippen LogP contribution >= 0.6 is 0 Å². The minimum absolute atomic E-state index is 0.107. The van der Waals surface area contributed by atoms with Gasteiger partial charge in [0.25, 0.3) is 0 Å². The number of piperazine rings is 1. The molecule has 2 aromatic carbocycles. The largest absolute Gasteiger partial charge is 0.353 e. The number of carbonyl (C=O) groups excluding carboxylic acids is 2. The summed E-state index contributed by atoms with van der Waals surface area (Å²) >= 11 is 0. The highest BCUT2D eigenvalue weighted by Crippen LogP contribution is 2.54. The topological polar surface area (TPSA) is 52.7 Å². The summed E-state index contributed by atoms with van der Waals surface area (Å²) < 4.78 is 0. The van der Waals surface area contributed by atoms with Crippen LogP contribution in [0.4, 0.5) is 0 Å². The Morgan fingerprint density at radius 1 is 0.676 bits per heavy atom. The molecule has 1 heterocycles. The summed E-state index contributed by atoms with van der Waals surface area (Å²) in [7, 11) is 0. The number of amides is 2. The number of benzene rings is 2. The highest BCUT2D eigenvalue weighted by molar-refractivity contribution is 5.92. The van der Waals surface area contributed by atoms with Crippen LogP contribution in [0.1, 0.15) is 55.7 Å². The molecule has 5 saturated carbocycles. The lowest BCUT2D eigenvalue weighted by Gasteiger charge is -2.54. The lowest BCUT2D eigenvalue weighted by molar-refractivity contribution is -0.137. The summed E-state index contributed by atoms with van der Waals surface area (Å²) in [4.78, 5) is 31.0. The quantitative estimate of drug-likeness (QED) is 0.640. The van der Waals surface area contributed by atoms with E-state index < -0.39 is 0 Å². The summed E-state index contributed by atoms with van der Waals surface area (Å²) in [6.07, 6.45) is 7.39. The third-order valence-corrected chi connectivity index (χ3v) is 10.2. The van der Waals surface area contributed by atoms with E-state index in [1.54, 1.807) is 0 Å². The lowest BCUT2D eigenvalue weighted by atomic mass is 9.54. The molecule has 6 fully saturated rings. The third kappa shape index (κ3) is 4.50. The van der Waals surface area contributed by atoms with Gasteiger partial charge in [-0.25, -0.2) is 0 Å². The summed E-state index contributed by atoms with van der Waals surface area (Å²) in [5.74, 6) is 3.32. The zero-order valence-corrected chi connectivity index (χ0v) is 21.7. The average Bonchev–Trinajstić information content (AvgIpc) is 3.73. The highest BCUT2D eigenvalue weighted by atomic mass is 16.2. The van der Waals surface area contributed by atoms with Crippen LogP contribution in [0.5, 0.6) is 0 Å². The summed E-state index contributed by atoms with van der Waals surface area (Å²) in [5.41, 5.74) is 2.58. The predicted molar refractivity (Wildman–Crippen MR) is 143 cm³/mol. The van der Waals surface area contributed by atoms with E-state index >= 15 is 0 Å². The van der Waals surface area contributed by atoms with E-state index in [2.05, 4.69) is 70.9 Å². The molecule has 2 aromatic rings. The minimum atomic E-state index is -0.109. The molecule has 0 unspecified atom stereocenters. The molecule has 0 aromatic heterocycles. The van der Waals surface area contributed by atoms with Crippen molar-refractivity contribution >= 4 is 11.8 Å². The molecule has 4 bridgehead atoms. The molecule has 5 nitrogen and oxygen atoms in total. The Labute approximate surface area is 220 Å². The molecule has 1 aliphatic heterocycles. The Morgan fingerprint density at radius 2 is 1.22 bits per heavy atom. The first-order valence-corrected chi connectivity index (χ1v) is 14.6. The van der Waals surface area contributed by atoms with Gasteiger partial charge in [-0.3, -0.25) is 14.5 Å². The molecular weight excluding hydrogens is 458 g/mol. The second-order valence-electron chi connectivity index (χ2n) is 12.5. The first kappa shape index (κ1) is 23.5. The van der Waals surface area contributed by atoms with Crippen LogP contribution < -0.4 is 5.32 Å². The molecule has 37 heavy (non-hydrogen) atoms. The number of hydrogen-bond donors (Lipinski definition) is 1. The summed E-state index contributed by atoms with van der Waals surface area (Å²) in [6.45, 7) is 3.15. The van der Waals surface area contributed by atoms with E-state index in [1.165, 1.54) is 43.2 Å². The van der Waals surface area contributed by atoms with Gasteiger partial charge in [0.05, 0.1) is 17.9 Å². The van der Waals surface area contributed by atoms with Crippen LogP contribution in [0, 0.1) is 35.5 Å². The zero-order chi connectivity index (χ0) is 24.9. The van der Waals surface area contributed by atoms with Crippen molar-refractivity contribution in [3.8, 4) is 0 Å². The Kier molecular flexibility index (Phi) is 6.07. The number of rotatable bonds is 6. The molecule has 1 saturated heterocycles. The zero-order valence-electron chi connectivity index (χ0n) is 21.7. The van der Waals surface area contributed by atoms with E-state index in [-0.39, 0.29) is 29.7 Å². The molecule has 5 aliphatic carbocycles. The van der Waals surface area contributed by atoms with Gasteiger partial charge in [0.15, 0.2) is 0 Å². The Balaban J connectivity index is 0.953. The molecule has 0 radical (unpaired) electrons. The molecule has 2 atom stereocenters. The van der Waals surface area contributed by atoms with Crippen molar-refractivity contribution < 1.29 is 9.59 Å². The number of carbonyl (C=O) groups is 2. The van der Waals surface area contributed by atoms with Crippen molar-refractivity contribution in [3.63, 3.8) is 0 Å². The van der Waals surface area contributed by atoms with Crippen LogP contribution in [0.25, 0.3) is 0 Å². The molecule has 1 N–H and O–H groups in total. The lowest BCUT2D eigenvalue weighted by Crippen LogP contribution is -2.56. The van der Waals surface area contributed by atoms with Gasteiger partial charge in [-0.15, -0.1) is 0 Å². The number of nitrogens with zero attached hydrogens (tertiary/aromatic N) is 2. The Morgan fingerprint density at radius 3 is 1.76 bits per heavy atom. The van der Waals surface area contributed by atoms with Crippen molar-refractivity contribution in [2.24, 2.45) is 35.5 Å². The summed E-state index contributed by atoms with van der Waals surface area (Å²) in [5, 5.41) is 3.45. The predicted octanol–water partition coefficient (Wildman–Crippen LogP) is 4.50. The smallest absolute Gasteiger partial charge is 0.226 e. The molecule has 194 valence electrons. The van der Waals surface area contributed by atoms with Crippen molar-refractivity contribution in [1.29, 1.82) is 0 Å². The van der Waals surface area contributed by atoms with Gasteiger partial charge in [-0.1, -0.05) is 60.7 Å². The van der Waals surface area contributed by atoms with E-state index in [1.807, 2.05) is 4.90 Å². The van der Waals surface area contributed by atoms with Gasteiger partial charge >= 0.3 is 0 Å². The van der Waals surface area contributed by atoms with Gasteiger partial charge < -0.3 is 10.2 Å². The molecule has 8 rings (SSSR count). The van der Waals surface area contributed by atoms with Gasteiger partial charge in [0, 0.05) is 32.2 Å². The van der Waals surface area contributed by atoms with E-state index in [4.69, 9.17) is 0 Å². The monoisotopic (exact) mass is 497 g/mol. The number of nitrogens with one attached hydrogen (secondary N) is 1. The Hall–Kier alpha value is -2.66. The molecule has 6 aliphatic rings. The second-order valence-corrected chi connectivity index (χ2v) is 12.5. The van der Waals surface area contributed by atoms with Gasteiger partial charge in [0.2, 0.25) is 11.8 Å². The first-order valence-electron chi connectivity index (χ1n) is 14.6. The minimum Gasteiger partial charge on any atom is -0.353 e. The normalized spacial score (nSPS) is 34.5. The highest BCUT2D eigenvalue weighted by Gasteiger charge is 2.53. The molecule has 0 spiro atoms. The number of hydrogen-bond acceptors (Lipinski definition) is 3. The average molecular weight is 498 g/mol. The fourth-order valence-corrected chi connectivity index (χ4v) is 8.51. The van der Waals surface area contributed by atoms with Crippen molar-refractivity contribution in [2.45, 2.75) is 50.6 Å². The van der Waals surface area contributed by atoms with Crippen LogP contribution in [0.15, 0.2) is 60.7 Å². The van der Waals surface area contributed by atoms with Crippen LogP contribution in [0.3, 0.4) is 0 Å². The maximum absolute atomic E-state index is 13.4. The van der Waals surface area contributed by atoms with Crippen molar-refractivity contribution in [3.05, 3.63) is 71.8 Å². The van der Waals surface area contributed by atoms with E-state index in [0.29, 0.717) is 17.9 Å². The van der Waals surface area contributed by atoms with Gasteiger partial charge in [-0.05, 0) is 73.3 Å². The first-order chi connectivity index (χ1) is 18.1.